The highest BCUT2D eigenvalue weighted by molar-refractivity contribution is 6.02. The molecule has 0 saturated carbocycles. The minimum absolute atomic E-state index is 0.161. The third kappa shape index (κ3) is 3.57. The molecule has 0 bridgehead atoms. The van der Waals surface area contributed by atoms with E-state index in [-0.39, 0.29) is 13.1 Å². The van der Waals surface area contributed by atoms with Crippen molar-refractivity contribution in [3.8, 4) is 11.8 Å². The first kappa shape index (κ1) is 14.5. The lowest BCUT2D eigenvalue weighted by atomic mass is 10.2. The molecule has 1 heterocycles. The van der Waals surface area contributed by atoms with Crippen LogP contribution in [-0.4, -0.2) is 41.8 Å². The number of nitriles is 1. The van der Waals surface area contributed by atoms with Crippen molar-refractivity contribution in [1.82, 2.24) is 10.2 Å². The van der Waals surface area contributed by atoms with E-state index in [1.54, 1.807) is 24.3 Å². The second-order valence-electron chi connectivity index (χ2n) is 4.56. The van der Waals surface area contributed by atoms with E-state index in [2.05, 4.69) is 5.32 Å². The molecule has 7 nitrogen and oxygen atoms in total. The number of hydrogen-bond acceptors (Lipinski definition) is 5. The molecule has 0 radical (unpaired) electrons. The molecule has 0 spiro atoms. The number of piperazine rings is 1. The van der Waals surface area contributed by atoms with Crippen molar-refractivity contribution in [3.63, 3.8) is 0 Å². The number of benzene rings is 1. The molecule has 108 valence electrons. The highest BCUT2D eigenvalue weighted by Crippen LogP contribution is 2.14. The SMILES string of the molecule is CC(Oc1ccc(C#N)cc1)C(=O)N1CC(=O)NC(=O)C1. The van der Waals surface area contributed by atoms with Gasteiger partial charge >= 0.3 is 0 Å². The van der Waals surface area contributed by atoms with Crippen molar-refractivity contribution in [3.05, 3.63) is 29.8 Å². The van der Waals surface area contributed by atoms with Crippen LogP contribution in [0.25, 0.3) is 0 Å². The predicted octanol–water partition coefficient (Wildman–Crippen LogP) is -0.189. The van der Waals surface area contributed by atoms with E-state index in [9.17, 15) is 14.4 Å². The van der Waals surface area contributed by atoms with Gasteiger partial charge in [-0.25, -0.2) is 0 Å². The Morgan fingerprint density at radius 2 is 1.86 bits per heavy atom. The summed E-state index contributed by atoms with van der Waals surface area (Å²) < 4.78 is 5.46. The second-order valence-corrected chi connectivity index (χ2v) is 4.56. The van der Waals surface area contributed by atoms with Gasteiger partial charge in [0, 0.05) is 0 Å². The highest BCUT2D eigenvalue weighted by Gasteiger charge is 2.30. The van der Waals surface area contributed by atoms with E-state index in [1.807, 2.05) is 6.07 Å². The Morgan fingerprint density at radius 1 is 1.29 bits per heavy atom. The molecule has 21 heavy (non-hydrogen) atoms. The Balaban J connectivity index is 2.00. The Kier molecular flexibility index (Phi) is 4.18. The molecule has 1 fully saturated rings. The van der Waals surface area contributed by atoms with Gasteiger partial charge in [-0.3, -0.25) is 19.7 Å². The van der Waals surface area contributed by atoms with Crippen molar-refractivity contribution in [2.45, 2.75) is 13.0 Å². The van der Waals surface area contributed by atoms with Crippen LogP contribution < -0.4 is 10.1 Å². The number of carbonyl (C=O) groups is 3. The monoisotopic (exact) mass is 287 g/mol. The molecule has 0 aromatic heterocycles. The van der Waals surface area contributed by atoms with E-state index in [0.717, 1.165) is 4.90 Å². The van der Waals surface area contributed by atoms with Crippen LogP contribution in [0.5, 0.6) is 5.75 Å². The fraction of sp³-hybridized carbons (Fsp3) is 0.286. The topological polar surface area (TPSA) is 99.5 Å². The summed E-state index contributed by atoms with van der Waals surface area (Å²) in [5.74, 6) is -1.03. The summed E-state index contributed by atoms with van der Waals surface area (Å²) in [7, 11) is 0. The lowest BCUT2D eigenvalue weighted by molar-refractivity contribution is -0.148. The van der Waals surface area contributed by atoms with Crippen LogP contribution in [0.1, 0.15) is 12.5 Å². The van der Waals surface area contributed by atoms with Gasteiger partial charge in [0.25, 0.3) is 5.91 Å². The zero-order valence-corrected chi connectivity index (χ0v) is 11.3. The third-order valence-corrected chi connectivity index (χ3v) is 2.90. The van der Waals surface area contributed by atoms with Crippen molar-refractivity contribution >= 4 is 17.7 Å². The van der Waals surface area contributed by atoms with Gasteiger partial charge in [-0.1, -0.05) is 0 Å². The van der Waals surface area contributed by atoms with Gasteiger partial charge in [-0.15, -0.1) is 0 Å². The lowest BCUT2D eigenvalue weighted by Gasteiger charge is -2.28. The fourth-order valence-corrected chi connectivity index (χ4v) is 1.91. The smallest absolute Gasteiger partial charge is 0.264 e. The Labute approximate surface area is 121 Å². The van der Waals surface area contributed by atoms with E-state index < -0.39 is 23.8 Å². The maximum atomic E-state index is 12.1. The highest BCUT2D eigenvalue weighted by atomic mass is 16.5. The molecule has 1 atom stereocenters. The molecule has 1 aromatic rings. The summed E-state index contributed by atoms with van der Waals surface area (Å²) in [4.78, 5) is 35.8. The van der Waals surface area contributed by atoms with E-state index in [0.29, 0.717) is 11.3 Å². The molecule has 1 aliphatic heterocycles. The summed E-state index contributed by atoms with van der Waals surface area (Å²) in [6, 6.07) is 8.29. The lowest BCUT2D eigenvalue weighted by Crippen LogP contribution is -2.55. The van der Waals surface area contributed by atoms with Crippen LogP contribution in [-0.2, 0) is 14.4 Å². The van der Waals surface area contributed by atoms with Crippen LogP contribution in [0.4, 0.5) is 0 Å². The number of ether oxygens (including phenoxy) is 1. The second kappa shape index (κ2) is 6.05. The predicted molar refractivity (Wildman–Crippen MR) is 71.0 cm³/mol. The standard InChI is InChI=1S/C14H13N3O4/c1-9(21-11-4-2-10(6-15)3-5-11)14(20)17-7-12(18)16-13(19)8-17/h2-5,9H,7-8H2,1H3,(H,16,18,19). The maximum Gasteiger partial charge on any atom is 0.264 e. The molecule has 1 aromatic carbocycles. The first-order valence-electron chi connectivity index (χ1n) is 6.28. The zero-order chi connectivity index (χ0) is 15.4. The summed E-state index contributed by atoms with van der Waals surface area (Å²) in [5, 5.41) is 10.8. The molecule has 1 N–H and O–H groups in total. The van der Waals surface area contributed by atoms with Crippen molar-refractivity contribution in [1.29, 1.82) is 5.26 Å². The maximum absolute atomic E-state index is 12.1. The van der Waals surface area contributed by atoms with Crippen molar-refractivity contribution in [2.75, 3.05) is 13.1 Å². The van der Waals surface area contributed by atoms with Crippen LogP contribution in [0, 0.1) is 11.3 Å². The van der Waals surface area contributed by atoms with Crippen LogP contribution in [0.2, 0.25) is 0 Å². The first-order chi connectivity index (χ1) is 9.99. The van der Waals surface area contributed by atoms with E-state index in [1.165, 1.54) is 6.92 Å². The average molecular weight is 287 g/mol. The van der Waals surface area contributed by atoms with Crippen molar-refractivity contribution < 1.29 is 19.1 Å². The van der Waals surface area contributed by atoms with Crippen LogP contribution in [0.15, 0.2) is 24.3 Å². The summed E-state index contributed by atoms with van der Waals surface area (Å²) in [5.41, 5.74) is 0.486. The van der Waals surface area contributed by atoms with E-state index in [4.69, 9.17) is 10.00 Å². The number of nitrogens with zero attached hydrogens (tertiary/aromatic N) is 2. The zero-order valence-electron chi connectivity index (χ0n) is 11.3. The molecular weight excluding hydrogens is 274 g/mol. The molecule has 2 rings (SSSR count). The fourth-order valence-electron chi connectivity index (χ4n) is 1.91. The molecule has 1 saturated heterocycles. The normalized spacial score (nSPS) is 15.9. The van der Waals surface area contributed by atoms with Gasteiger partial charge in [0.2, 0.25) is 11.8 Å². The number of nitrogens with one attached hydrogen (secondary N) is 1. The number of rotatable bonds is 3. The Bertz CT molecular complexity index is 602. The van der Waals surface area contributed by atoms with Gasteiger partial charge in [-0.05, 0) is 31.2 Å². The Morgan fingerprint density at radius 3 is 2.38 bits per heavy atom. The van der Waals surface area contributed by atoms with Crippen LogP contribution >= 0.6 is 0 Å². The molecule has 0 aliphatic carbocycles. The molecule has 1 aliphatic rings. The number of imide groups is 1. The van der Waals surface area contributed by atoms with Gasteiger partial charge in [0.15, 0.2) is 6.10 Å². The number of hydrogen-bond donors (Lipinski definition) is 1. The molecule has 1 unspecified atom stereocenters. The first-order valence-corrected chi connectivity index (χ1v) is 6.28. The minimum Gasteiger partial charge on any atom is -0.481 e. The Hall–Kier alpha value is -2.88. The number of amides is 3. The summed E-state index contributed by atoms with van der Waals surface area (Å²) in [6.07, 6.45) is -0.836. The van der Waals surface area contributed by atoms with E-state index >= 15 is 0 Å². The number of carbonyl (C=O) groups excluding carboxylic acids is 3. The quantitative estimate of drug-likeness (QED) is 0.777. The van der Waals surface area contributed by atoms with Gasteiger partial charge < -0.3 is 9.64 Å². The summed E-state index contributed by atoms with van der Waals surface area (Å²) >= 11 is 0. The largest absolute Gasteiger partial charge is 0.481 e. The van der Waals surface area contributed by atoms with Gasteiger partial charge in [0.05, 0.1) is 11.6 Å². The van der Waals surface area contributed by atoms with Gasteiger partial charge in [0.1, 0.15) is 18.8 Å². The molecule has 3 amide bonds. The van der Waals surface area contributed by atoms with Gasteiger partial charge in [-0.2, -0.15) is 5.26 Å². The summed E-state index contributed by atoms with van der Waals surface area (Å²) in [6.45, 7) is 1.22. The van der Waals surface area contributed by atoms with Crippen molar-refractivity contribution in [2.24, 2.45) is 0 Å². The molecule has 7 heteroatoms. The average Bonchev–Trinajstić information content (AvgIpc) is 2.46. The minimum atomic E-state index is -0.836. The molecular formula is C14H13N3O4. The van der Waals surface area contributed by atoms with Crippen LogP contribution in [0.3, 0.4) is 0 Å². The third-order valence-electron chi connectivity index (χ3n) is 2.90.